The van der Waals surface area contributed by atoms with Crippen LogP contribution in [0.15, 0.2) is 42.5 Å². The molecule has 0 aliphatic carbocycles. The molecule has 0 aliphatic rings. The highest BCUT2D eigenvalue weighted by Crippen LogP contribution is 2.24. The van der Waals surface area contributed by atoms with Gasteiger partial charge in [0.1, 0.15) is 18.0 Å². The number of carbonyl (C=O) groups excluding carboxylic acids is 3. The van der Waals surface area contributed by atoms with Gasteiger partial charge < -0.3 is 24.5 Å². The van der Waals surface area contributed by atoms with Crippen molar-refractivity contribution in [3.8, 4) is 11.5 Å². The molecule has 1 heterocycles. The van der Waals surface area contributed by atoms with E-state index in [-0.39, 0.29) is 17.9 Å². The van der Waals surface area contributed by atoms with Gasteiger partial charge in [0.05, 0.1) is 14.2 Å². The number of ether oxygens (including phenoxy) is 3. The van der Waals surface area contributed by atoms with Crippen LogP contribution in [-0.4, -0.2) is 49.5 Å². The second kappa shape index (κ2) is 9.34. The van der Waals surface area contributed by atoms with E-state index in [2.05, 4.69) is 10.3 Å². The van der Waals surface area contributed by atoms with Crippen LogP contribution in [0.2, 0.25) is 0 Å². The molecule has 0 saturated heterocycles. The minimum atomic E-state index is -1.00. The van der Waals surface area contributed by atoms with Crippen molar-refractivity contribution in [1.82, 2.24) is 10.3 Å². The molecule has 1 aromatic heterocycles. The molecule has 162 valence electrons. The molecule has 3 aromatic rings. The first-order valence-electron chi connectivity index (χ1n) is 9.66. The number of para-hydroxylation sites is 1. The van der Waals surface area contributed by atoms with Gasteiger partial charge in [-0.1, -0.05) is 18.2 Å². The number of aryl methyl sites for hydroxylation is 1. The number of aromatic nitrogens is 1. The average Bonchev–Trinajstić information content (AvgIpc) is 3.11. The van der Waals surface area contributed by atoms with E-state index in [1.54, 1.807) is 13.0 Å². The van der Waals surface area contributed by atoms with E-state index in [1.165, 1.54) is 33.3 Å². The zero-order valence-corrected chi connectivity index (χ0v) is 17.8. The molecule has 1 atom stereocenters. The van der Waals surface area contributed by atoms with Crippen LogP contribution in [0.1, 0.15) is 33.3 Å². The van der Waals surface area contributed by atoms with E-state index in [4.69, 9.17) is 14.2 Å². The highest BCUT2D eigenvalue weighted by Gasteiger charge is 2.24. The summed E-state index contributed by atoms with van der Waals surface area (Å²) in [6.07, 6.45) is -1.00. The van der Waals surface area contributed by atoms with E-state index in [1.807, 2.05) is 24.3 Å². The Bertz CT molecular complexity index is 1110. The number of benzene rings is 2. The monoisotopic (exact) mass is 424 g/mol. The second-order valence-electron chi connectivity index (χ2n) is 6.95. The number of nitrogens with one attached hydrogen (secondary N) is 2. The lowest BCUT2D eigenvalue weighted by atomic mass is 10.0. The summed E-state index contributed by atoms with van der Waals surface area (Å²) in [5, 5.41) is 3.25. The van der Waals surface area contributed by atoms with Crippen molar-refractivity contribution in [2.75, 3.05) is 20.8 Å². The van der Waals surface area contributed by atoms with Crippen LogP contribution in [0.3, 0.4) is 0 Å². The van der Waals surface area contributed by atoms with Gasteiger partial charge in [-0.25, -0.2) is 0 Å². The van der Waals surface area contributed by atoms with Crippen LogP contribution < -0.4 is 14.8 Å². The van der Waals surface area contributed by atoms with Crippen molar-refractivity contribution in [1.29, 1.82) is 0 Å². The number of ketones is 1. The molecule has 0 bridgehead atoms. The molecule has 0 saturated carbocycles. The number of aromatic amines is 1. The smallest absolute Gasteiger partial charge is 0.326 e. The maximum atomic E-state index is 12.9. The highest BCUT2D eigenvalue weighted by molar-refractivity contribution is 6.11. The minimum absolute atomic E-state index is 0.266. The van der Waals surface area contributed by atoms with E-state index >= 15 is 0 Å². The van der Waals surface area contributed by atoms with Gasteiger partial charge in [-0.05, 0) is 32.0 Å². The Balaban J connectivity index is 1.62. The molecule has 31 heavy (non-hydrogen) atoms. The molecule has 0 fully saturated rings. The Hall–Kier alpha value is -3.81. The number of rotatable bonds is 8. The Labute approximate surface area is 179 Å². The number of carbonyl (C=O) groups is 3. The van der Waals surface area contributed by atoms with Gasteiger partial charge in [0, 0.05) is 33.8 Å². The van der Waals surface area contributed by atoms with Gasteiger partial charge in [0.25, 0.3) is 5.91 Å². The van der Waals surface area contributed by atoms with Gasteiger partial charge in [0.2, 0.25) is 5.78 Å². The number of hydrogen-bond donors (Lipinski definition) is 2. The molecule has 1 amide bonds. The lowest BCUT2D eigenvalue weighted by Gasteiger charge is -2.13. The largest absolute Gasteiger partial charge is 0.497 e. The number of fused-ring (bicyclic) bond motifs is 1. The van der Waals surface area contributed by atoms with Crippen molar-refractivity contribution >= 4 is 28.6 Å². The van der Waals surface area contributed by atoms with Gasteiger partial charge in [0.15, 0.2) is 6.10 Å². The van der Waals surface area contributed by atoms with Crippen LogP contribution in [0.25, 0.3) is 10.9 Å². The Morgan fingerprint density at radius 3 is 2.32 bits per heavy atom. The average molecular weight is 424 g/mol. The number of Topliss-reactive ketones (excluding diaryl/α,β-unsaturated/α-hetero) is 1. The Kier molecular flexibility index (Phi) is 6.59. The first kappa shape index (κ1) is 21.9. The molecule has 8 heteroatoms. The SMILES string of the molecule is COc1cc(OC)cc(C(=O)NCC(=O)OC(C)C(=O)c2c(C)[nH]c3ccccc23)c1. The second-order valence-corrected chi connectivity index (χ2v) is 6.95. The zero-order valence-electron chi connectivity index (χ0n) is 17.8. The van der Waals surface area contributed by atoms with Crippen molar-refractivity contribution in [3.05, 3.63) is 59.3 Å². The molecule has 3 rings (SSSR count). The topological polar surface area (TPSA) is 107 Å². The van der Waals surface area contributed by atoms with Crippen LogP contribution in [0.4, 0.5) is 0 Å². The summed E-state index contributed by atoms with van der Waals surface area (Å²) in [5.74, 6) is -0.643. The van der Waals surface area contributed by atoms with E-state index in [0.717, 1.165) is 10.9 Å². The van der Waals surface area contributed by atoms with Gasteiger partial charge >= 0.3 is 5.97 Å². The van der Waals surface area contributed by atoms with E-state index in [0.29, 0.717) is 22.8 Å². The molecular formula is C23H24N2O6. The van der Waals surface area contributed by atoms with Crippen molar-refractivity contribution in [2.24, 2.45) is 0 Å². The summed E-state index contributed by atoms with van der Waals surface area (Å²) in [5.41, 5.74) is 2.29. The number of amides is 1. The summed E-state index contributed by atoms with van der Waals surface area (Å²) >= 11 is 0. The van der Waals surface area contributed by atoms with Crippen molar-refractivity contribution in [3.63, 3.8) is 0 Å². The standard InChI is InChI=1S/C23H24N2O6/c1-13-21(18-7-5-6-8-19(18)25-13)22(27)14(2)31-20(26)12-24-23(28)15-9-16(29-3)11-17(10-15)30-4/h5-11,14,25H,12H2,1-4H3,(H,24,28). The lowest BCUT2D eigenvalue weighted by molar-refractivity contribution is -0.145. The highest BCUT2D eigenvalue weighted by atomic mass is 16.5. The summed E-state index contributed by atoms with van der Waals surface area (Å²) in [4.78, 5) is 40.6. The number of esters is 1. The van der Waals surface area contributed by atoms with Crippen LogP contribution in [0.5, 0.6) is 11.5 Å². The zero-order chi connectivity index (χ0) is 22.5. The van der Waals surface area contributed by atoms with E-state index in [9.17, 15) is 14.4 Å². The summed E-state index contributed by atoms with van der Waals surface area (Å²) in [7, 11) is 2.95. The third kappa shape index (κ3) is 4.85. The first-order valence-corrected chi connectivity index (χ1v) is 9.66. The predicted molar refractivity (Wildman–Crippen MR) is 115 cm³/mol. The molecule has 0 radical (unpaired) electrons. The van der Waals surface area contributed by atoms with Gasteiger partial charge in [-0.3, -0.25) is 14.4 Å². The summed E-state index contributed by atoms with van der Waals surface area (Å²) in [6.45, 7) is 2.92. The molecule has 2 N–H and O–H groups in total. The maximum Gasteiger partial charge on any atom is 0.326 e. The maximum absolute atomic E-state index is 12.9. The summed E-state index contributed by atoms with van der Waals surface area (Å²) in [6, 6.07) is 12.1. The number of H-pyrrole nitrogens is 1. The van der Waals surface area contributed by atoms with Crippen LogP contribution in [0, 0.1) is 6.92 Å². The van der Waals surface area contributed by atoms with Crippen LogP contribution >= 0.6 is 0 Å². The van der Waals surface area contributed by atoms with E-state index < -0.39 is 18.0 Å². The molecular weight excluding hydrogens is 400 g/mol. The van der Waals surface area contributed by atoms with Crippen LogP contribution in [-0.2, 0) is 9.53 Å². The quantitative estimate of drug-likeness (QED) is 0.425. The van der Waals surface area contributed by atoms with Gasteiger partial charge in [-0.2, -0.15) is 0 Å². The van der Waals surface area contributed by atoms with Crippen molar-refractivity contribution < 1.29 is 28.6 Å². The minimum Gasteiger partial charge on any atom is -0.497 e. The molecule has 1 unspecified atom stereocenters. The third-order valence-electron chi connectivity index (χ3n) is 4.82. The first-order chi connectivity index (χ1) is 14.8. The predicted octanol–water partition coefficient (Wildman–Crippen LogP) is 3.04. The fourth-order valence-corrected chi connectivity index (χ4v) is 3.28. The fourth-order valence-electron chi connectivity index (χ4n) is 3.28. The van der Waals surface area contributed by atoms with Gasteiger partial charge in [-0.15, -0.1) is 0 Å². The number of methoxy groups -OCH3 is 2. The molecule has 8 nitrogen and oxygen atoms in total. The Morgan fingerprint density at radius 2 is 1.68 bits per heavy atom. The third-order valence-corrected chi connectivity index (χ3v) is 4.82. The molecule has 0 spiro atoms. The fraction of sp³-hybridized carbons (Fsp3) is 0.261. The summed E-state index contributed by atoms with van der Waals surface area (Å²) < 4.78 is 15.5. The lowest BCUT2D eigenvalue weighted by Crippen LogP contribution is -2.34. The molecule has 2 aromatic carbocycles. The number of hydrogen-bond acceptors (Lipinski definition) is 6. The Morgan fingerprint density at radius 1 is 1.03 bits per heavy atom. The van der Waals surface area contributed by atoms with Crippen molar-refractivity contribution in [2.45, 2.75) is 20.0 Å². The normalized spacial score (nSPS) is 11.6. The molecule has 0 aliphatic heterocycles.